The highest BCUT2D eigenvalue weighted by atomic mass is 79.9. The fourth-order valence-electron chi connectivity index (χ4n) is 2.26. The smallest absolute Gasteiger partial charge is 0.228 e. The van der Waals surface area contributed by atoms with Gasteiger partial charge in [0.15, 0.2) is 0 Å². The minimum Gasteiger partial charge on any atom is -0.366 e. The van der Waals surface area contributed by atoms with E-state index in [0.29, 0.717) is 18.7 Å². The average Bonchev–Trinajstić information content (AvgIpc) is 2.64. The molecule has 0 saturated heterocycles. The Bertz CT molecular complexity index is 820. The maximum absolute atomic E-state index is 12.1. The molecular formula is C19H17BrN4O. The molecule has 0 fully saturated rings. The first-order chi connectivity index (χ1) is 12.2. The largest absolute Gasteiger partial charge is 0.366 e. The monoisotopic (exact) mass is 396 g/mol. The lowest BCUT2D eigenvalue weighted by atomic mass is 10.1. The molecule has 1 aromatic carbocycles. The normalized spacial score (nSPS) is 10.3. The molecule has 2 heterocycles. The van der Waals surface area contributed by atoms with Crippen LogP contribution in [0.4, 0.5) is 11.5 Å². The summed E-state index contributed by atoms with van der Waals surface area (Å²) in [7, 11) is 0. The van der Waals surface area contributed by atoms with Crippen molar-refractivity contribution in [3.63, 3.8) is 0 Å². The van der Waals surface area contributed by atoms with Crippen LogP contribution in [0.25, 0.3) is 0 Å². The van der Waals surface area contributed by atoms with Gasteiger partial charge in [0.05, 0.1) is 18.3 Å². The Morgan fingerprint density at radius 2 is 1.72 bits per heavy atom. The van der Waals surface area contributed by atoms with Crippen molar-refractivity contribution in [1.82, 2.24) is 9.97 Å². The topological polar surface area (TPSA) is 66.9 Å². The van der Waals surface area contributed by atoms with Gasteiger partial charge in [-0.3, -0.25) is 9.78 Å². The van der Waals surface area contributed by atoms with Crippen molar-refractivity contribution in [1.29, 1.82) is 0 Å². The molecule has 0 bridgehead atoms. The zero-order valence-corrected chi connectivity index (χ0v) is 15.0. The molecule has 3 aromatic rings. The maximum Gasteiger partial charge on any atom is 0.228 e. The van der Waals surface area contributed by atoms with Gasteiger partial charge in [0.1, 0.15) is 5.82 Å². The standard InChI is InChI=1S/C19H17BrN4O/c20-16-3-1-14(2-4-16)11-19(25)24-17-5-6-18(23-13-17)22-12-15-7-9-21-10-8-15/h1-10,13H,11-12H2,(H,22,23)(H,24,25). The third-order valence-corrected chi connectivity index (χ3v) is 4.08. The zero-order chi connectivity index (χ0) is 17.5. The first-order valence-electron chi connectivity index (χ1n) is 7.82. The molecule has 25 heavy (non-hydrogen) atoms. The van der Waals surface area contributed by atoms with Gasteiger partial charge < -0.3 is 10.6 Å². The number of aromatic nitrogens is 2. The average molecular weight is 397 g/mol. The van der Waals surface area contributed by atoms with Crippen molar-refractivity contribution in [2.24, 2.45) is 0 Å². The molecule has 126 valence electrons. The zero-order valence-electron chi connectivity index (χ0n) is 13.4. The summed E-state index contributed by atoms with van der Waals surface area (Å²) in [6.45, 7) is 0.671. The van der Waals surface area contributed by atoms with Crippen molar-refractivity contribution in [2.45, 2.75) is 13.0 Å². The molecule has 2 N–H and O–H groups in total. The highest BCUT2D eigenvalue weighted by Gasteiger charge is 2.05. The second-order valence-electron chi connectivity index (χ2n) is 5.49. The van der Waals surface area contributed by atoms with E-state index in [1.54, 1.807) is 18.6 Å². The van der Waals surface area contributed by atoms with Gasteiger partial charge in [-0.2, -0.15) is 0 Å². The van der Waals surface area contributed by atoms with Gasteiger partial charge in [0.25, 0.3) is 0 Å². The molecule has 0 aliphatic carbocycles. The molecule has 1 amide bonds. The first kappa shape index (κ1) is 17.1. The number of halogens is 1. The fourth-order valence-corrected chi connectivity index (χ4v) is 2.52. The Balaban J connectivity index is 1.51. The number of rotatable bonds is 6. The number of nitrogens with zero attached hydrogens (tertiary/aromatic N) is 2. The number of hydrogen-bond donors (Lipinski definition) is 2. The molecule has 0 saturated carbocycles. The number of nitrogens with one attached hydrogen (secondary N) is 2. The van der Waals surface area contributed by atoms with Crippen LogP contribution < -0.4 is 10.6 Å². The van der Waals surface area contributed by atoms with E-state index < -0.39 is 0 Å². The van der Waals surface area contributed by atoms with Gasteiger partial charge in [0, 0.05) is 23.4 Å². The second-order valence-corrected chi connectivity index (χ2v) is 6.41. The molecule has 0 atom stereocenters. The van der Waals surface area contributed by atoms with E-state index >= 15 is 0 Å². The van der Waals surface area contributed by atoms with Gasteiger partial charge in [-0.25, -0.2) is 4.98 Å². The summed E-state index contributed by atoms with van der Waals surface area (Å²) < 4.78 is 0.996. The number of amides is 1. The van der Waals surface area contributed by atoms with Crippen LogP contribution >= 0.6 is 15.9 Å². The van der Waals surface area contributed by atoms with Crippen LogP contribution in [-0.2, 0) is 17.8 Å². The molecule has 0 radical (unpaired) electrons. The van der Waals surface area contributed by atoms with Crippen LogP contribution in [0, 0.1) is 0 Å². The summed E-state index contributed by atoms with van der Waals surface area (Å²) in [4.78, 5) is 20.4. The highest BCUT2D eigenvalue weighted by molar-refractivity contribution is 9.10. The van der Waals surface area contributed by atoms with Crippen molar-refractivity contribution in [3.8, 4) is 0 Å². The maximum atomic E-state index is 12.1. The third kappa shape index (κ3) is 5.39. The van der Waals surface area contributed by atoms with E-state index in [9.17, 15) is 4.79 Å². The van der Waals surface area contributed by atoms with Crippen molar-refractivity contribution in [3.05, 3.63) is 82.7 Å². The minimum atomic E-state index is -0.0679. The lowest BCUT2D eigenvalue weighted by molar-refractivity contribution is -0.115. The van der Waals surface area contributed by atoms with Gasteiger partial charge in [-0.15, -0.1) is 0 Å². The van der Waals surface area contributed by atoms with Crippen LogP contribution in [0.1, 0.15) is 11.1 Å². The SMILES string of the molecule is O=C(Cc1ccc(Br)cc1)Nc1ccc(NCc2ccncc2)nc1. The Kier molecular flexibility index (Phi) is 5.74. The van der Waals surface area contributed by atoms with E-state index in [-0.39, 0.29) is 5.91 Å². The summed E-state index contributed by atoms with van der Waals surface area (Å²) in [5, 5.41) is 6.09. The third-order valence-electron chi connectivity index (χ3n) is 3.55. The Morgan fingerprint density at radius 1 is 0.960 bits per heavy atom. The summed E-state index contributed by atoms with van der Waals surface area (Å²) in [5.41, 5.74) is 2.77. The number of carbonyl (C=O) groups excluding carboxylic acids is 1. The fraction of sp³-hybridized carbons (Fsp3) is 0.105. The molecule has 2 aromatic heterocycles. The second kappa shape index (κ2) is 8.39. The number of benzene rings is 1. The van der Waals surface area contributed by atoms with Gasteiger partial charge in [0.2, 0.25) is 5.91 Å². The van der Waals surface area contributed by atoms with Crippen LogP contribution in [0.2, 0.25) is 0 Å². The number of pyridine rings is 2. The molecule has 0 unspecified atom stereocenters. The summed E-state index contributed by atoms with van der Waals surface area (Å²) >= 11 is 3.38. The lowest BCUT2D eigenvalue weighted by Gasteiger charge is -2.08. The quantitative estimate of drug-likeness (QED) is 0.659. The van der Waals surface area contributed by atoms with Crippen LogP contribution in [0.5, 0.6) is 0 Å². The molecule has 0 aliphatic rings. The molecular weight excluding hydrogens is 380 g/mol. The van der Waals surface area contributed by atoms with Crippen molar-refractivity contribution < 1.29 is 4.79 Å². The van der Waals surface area contributed by atoms with Crippen molar-refractivity contribution >= 4 is 33.3 Å². The Morgan fingerprint density at radius 3 is 2.40 bits per heavy atom. The predicted octanol–water partition coefficient (Wildman–Crippen LogP) is 4.03. The Hall–Kier alpha value is -2.73. The van der Waals surface area contributed by atoms with E-state index in [4.69, 9.17) is 0 Å². The number of hydrogen-bond acceptors (Lipinski definition) is 4. The van der Waals surface area contributed by atoms with Gasteiger partial charge >= 0.3 is 0 Å². The summed E-state index contributed by atoms with van der Waals surface area (Å²) in [6.07, 6.45) is 5.49. The predicted molar refractivity (Wildman–Crippen MR) is 102 cm³/mol. The van der Waals surface area contributed by atoms with Crippen LogP contribution in [-0.4, -0.2) is 15.9 Å². The van der Waals surface area contributed by atoms with E-state index in [1.165, 1.54) is 0 Å². The Labute approximate surface area is 154 Å². The number of anilines is 2. The van der Waals surface area contributed by atoms with Crippen molar-refractivity contribution in [2.75, 3.05) is 10.6 Å². The van der Waals surface area contributed by atoms with Crippen LogP contribution in [0.3, 0.4) is 0 Å². The molecule has 6 heteroatoms. The van der Waals surface area contributed by atoms with Crippen LogP contribution in [0.15, 0.2) is 71.6 Å². The molecule has 5 nitrogen and oxygen atoms in total. The van der Waals surface area contributed by atoms with E-state index in [0.717, 1.165) is 21.4 Å². The first-order valence-corrected chi connectivity index (χ1v) is 8.61. The molecule has 0 aliphatic heterocycles. The highest BCUT2D eigenvalue weighted by Crippen LogP contribution is 2.13. The summed E-state index contributed by atoms with van der Waals surface area (Å²) in [6, 6.07) is 15.3. The molecule has 3 rings (SSSR count). The lowest BCUT2D eigenvalue weighted by Crippen LogP contribution is -2.14. The molecule has 0 spiro atoms. The van der Waals surface area contributed by atoms with Gasteiger partial charge in [-0.1, -0.05) is 28.1 Å². The van der Waals surface area contributed by atoms with E-state index in [2.05, 4.69) is 36.5 Å². The number of carbonyl (C=O) groups is 1. The van der Waals surface area contributed by atoms with Gasteiger partial charge in [-0.05, 0) is 47.5 Å². The van der Waals surface area contributed by atoms with E-state index in [1.807, 2.05) is 48.5 Å². The summed E-state index contributed by atoms with van der Waals surface area (Å²) in [5.74, 6) is 0.685. The minimum absolute atomic E-state index is 0.0679.